The number of aromatic nitrogens is 3. The van der Waals surface area contributed by atoms with Crippen LogP contribution in [-0.2, 0) is 11.2 Å². The minimum absolute atomic E-state index is 0.0362. The van der Waals surface area contributed by atoms with E-state index >= 15 is 0 Å². The quantitative estimate of drug-likeness (QED) is 0.706. The van der Waals surface area contributed by atoms with Crippen LogP contribution < -0.4 is 5.73 Å². The lowest BCUT2D eigenvalue weighted by atomic mass is 10.2. The fraction of sp³-hybridized carbons (Fsp3) is 0.143. The van der Waals surface area contributed by atoms with E-state index in [4.69, 9.17) is 10.8 Å². The van der Waals surface area contributed by atoms with Crippen LogP contribution in [0.15, 0.2) is 28.7 Å². The Kier molecular flexibility index (Phi) is 3.42. The number of fused-ring (bicyclic) bond motifs is 2. The number of pyridine rings is 1. The van der Waals surface area contributed by atoms with Crippen LogP contribution in [-0.4, -0.2) is 26.0 Å². The monoisotopic (exact) mass is 346 g/mol. The number of nitrogens with zero attached hydrogens (tertiary/aromatic N) is 3. The zero-order valence-electron chi connectivity index (χ0n) is 10.9. The van der Waals surface area contributed by atoms with Gasteiger partial charge in [0.2, 0.25) is 0 Å². The van der Waals surface area contributed by atoms with Crippen LogP contribution in [0.25, 0.3) is 21.9 Å². The van der Waals surface area contributed by atoms with Crippen molar-refractivity contribution in [2.45, 2.75) is 12.8 Å². The summed E-state index contributed by atoms with van der Waals surface area (Å²) in [4.78, 5) is 23.5. The molecule has 0 aliphatic rings. The van der Waals surface area contributed by atoms with Gasteiger partial charge in [-0.1, -0.05) is 15.9 Å². The van der Waals surface area contributed by atoms with Gasteiger partial charge in [-0.05, 0) is 24.3 Å². The van der Waals surface area contributed by atoms with Gasteiger partial charge in [-0.25, -0.2) is 15.0 Å². The van der Waals surface area contributed by atoms with Crippen molar-refractivity contribution in [2.75, 3.05) is 5.73 Å². The molecule has 0 aliphatic carbocycles. The third-order valence-corrected chi connectivity index (χ3v) is 3.57. The number of halogens is 1. The molecule has 6 nitrogen and oxygen atoms in total. The van der Waals surface area contributed by atoms with Crippen molar-refractivity contribution in [3.63, 3.8) is 0 Å². The third-order valence-electron chi connectivity index (χ3n) is 3.08. The van der Waals surface area contributed by atoms with Gasteiger partial charge >= 0.3 is 5.97 Å². The topological polar surface area (TPSA) is 102 Å². The van der Waals surface area contributed by atoms with Gasteiger partial charge in [-0.15, -0.1) is 0 Å². The maximum Gasteiger partial charge on any atom is 0.303 e. The first-order valence-electron chi connectivity index (χ1n) is 6.27. The highest BCUT2D eigenvalue weighted by atomic mass is 79.9. The Morgan fingerprint density at radius 2 is 2.05 bits per heavy atom. The minimum Gasteiger partial charge on any atom is -0.481 e. The normalized spacial score (nSPS) is 11.1. The Bertz CT molecular complexity index is 866. The maximum absolute atomic E-state index is 10.6. The fourth-order valence-electron chi connectivity index (χ4n) is 2.09. The summed E-state index contributed by atoms with van der Waals surface area (Å²) in [6.07, 6.45) is 0.195. The molecule has 3 aromatic rings. The number of carbonyl (C=O) groups is 1. The van der Waals surface area contributed by atoms with Gasteiger partial charge in [-0.3, -0.25) is 4.79 Å². The summed E-state index contributed by atoms with van der Waals surface area (Å²) in [5.41, 5.74) is 7.23. The predicted octanol–water partition coefficient (Wildman–Crippen LogP) is 2.54. The first kappa shape index (κ1) is 13.7. The Labute approximate surface area is 128 Å². The molecule has 0 unspecified atom stereocenters. The van der Waals surface area contributed by atoms with Gasteiger partial charge in [0.25, 0.3) is 0 Å². The van der Waals surface area contributed by atoms with E-state index in [9.17, 15) is 4.79 Å². The van der Waals surface area contributed by atoms with Gasteiger partial charge in [-0.2, -0.15) is 0 Å². The van der Waals surface area contributed by atoms with Gasteiger partial charge in [0.05, 0.1) is 17.3 Å². The number of hydrogen-bond acceptors (Lipinski definition) is 5. The molecule has 0 fully saturated rings. The van der Waals surface area contributed by atoms with Crippen molar-refractivity contribution in [1.82, 2.24) is 15.0 Å². The predicted molar refractivity (Wildman–Crippen MR) is 82.9 cm³/mol. The van der Waals surface area contributed by atoms with E-state index in [0.29, 0.717) is 22.7 Å². The molecule has 0 saturated carbocycles. The Balaban J connectivity index is 2.15. The molecule has 2 heterocycles. The summed E-state index contributed by atoms with van der Waals surface area (Å²) >= 11 is 3.41. The molecule has 2 aromatic heterocycles. The molecule has 0 aliphatic heterocycles. The highest BCUT2D eigenvalue weighted by Gasteiger charge is 2.10. The average Bonchev–Trinajstić information content (AvgIpc) is 2.43. The van der Waals surface area contributed by atoms with E-state index in [1.54, 1.807) is 0 Å². The number of nitrogens with two attached hydrogens (primary N) is 1. The van der Waals surface area contributed by atoms with Crippen LogP contribution in [0.5, 0.6) is 0 Å². The van der Waals surface area contributed by atoms with Gasteiger partial charge in [0.1, 0.15) is 11.6 Å². The van der Waals surface area contributed by atoms with Crippen molar-refractivity contribution in [2.24, 2.45) is 0 Å². The summed E-state index contributed by atoms with van der Waals surface area (Å²) < 4.78 is 0.953. The smallest absolute Gasteiger partial charge is 0.303 e. The summed E-state index contributed by atoms with van der Waals surface area (Å²) in [6.45, 7) is 0. The Hall–Kier alpha value is -2.28. The molecule has 0 amide bonds. The number of aliphatic carboxylic acids is 1. The van der Waals surface area contributed by atoms with Crippen LogP contribution in [0.2, 0.25) is 0 Å². The van der Waals surface area contributed by atoms with Gasteiger partial charge < -0.3 is 10.8 Å². The second-order valence-corrected chi connectivity index (χ2v) is 5.53. The van der Waals surface area contributed by atoms with E-state index in [-0.39, 0.29) is 12.8 Å². The van der Waals surface area contributed by atoms with Gasteiger partial charge in [0.15, 0.2) is 5.65 Å². The van der Waals surface area contributed by atoms with Crippen molar-refractivity contribution in [3.05, 3.63) is 34.6 Å². The molecule has 106 valence electrons. The minimum atomic E-state index is -0.895. The van der Waals surface area contributed by atoms with Crippen LogP contribution in [0, 0.1) is 0 Å². The molecular formula is C14H11BrN4O2. The molecule has 0 radical (unpaired) electrons. The zero-order valence-corrected chi connectivity index (χ0v) is 12.5. The first-order valence-corrected chi connectivity index (χ1v) is 7.06. The molecule has 1 aromatic carbocycles. The van der Waals surface area contributed by atoms with Crippen molar-refractivity contribution in [3.8, 4) is 0 Å². The second-order valence-electron chi connectivity index (χ2n) is 4.62. The summed E-state index contributed by atoms with van der Waals surface area (Å²) in [6, 6.07) is 7.61. The number of aryl methyl sites for hydroxylation is 1. The number of hydrogen-bond donors (Lipinski definition) is 2. The molecule has 0 atom stereocenters. The summed E-state index contributed by atoms with van der Waals surface area (Å²) in [7, 11) is 0. The standard InChI is InChI=1S/C14H11BrN4O2/c15-8-1-2-10-7(5-8)6-9-13(16)18-11(3-4-12(20)21)19-14(9)17-10/h1-2,5-6H,3-4H2,(H,20,21)(H2,16,17,18,19). The SMILES string of the molecule is Nc1nc(CCC(=O)O)nc2nc3ccc(Br)cc3cc12. The van der Waals surface area contributed by atoms with Crippen LogP contribution in [0.4, 0.5) is 5.82 Å². The number of nitrogen functional groups attached to an aromatic ring is 1. The van der Waals surface area contributed by atoms with Crippen LogP contribution >= 0.6 is 15.9 Å². The van der Waals surface area contributed by atoms with Crippen molar-refractivity contribution >= 4 is 49.7 Å². The van der Waals surface area contributed by atoms with E-state index < -0.39 is 5.97 Å². The zero-order chi connectivity index (χ0) is 15.0. The lowest BCUT2D eigenvalue weighted by Crippen LogP contribution is -2.05. The molecular weight excluding hydrogens is 336 g/mol. The molecule has 7 heteroatoms. The van der Waals surface area contributed by atoms with E-state index in [1.807, 2.05) is 24.3 Å². The Morgan fingerprint density at radius 3 is 2.81 bits per heavy atom. The summed E-state index contributed by atoms with van der Waals surface area (Å²) in [5, 5.41) is 10.3. The first-order chi connectivity index (χ1) is 10.0. The maximum atomic E-state index is 10.6. The highest BCUT2D eigenvalue weighted by molar-refractivity contribution is 9.10. The molecule has 21 heavy (non-hydrogen) atoms. The van der Waals surface area contributed by atoms with Crippen molar-refractivity contribution in [1.29, 1.82) is 0 Å². The van der Waals surface area contributed by atoms with E-state index in [1.165, 1.54) is 0 Å². The lowest BCUT2D eigenvalue weighted by Gasteiger charge is -2.06. The van der Waals surface area contributed by atoms with Gasteiger partial charge in [0, 0.05) is 16.3 Å². The van der Waals surface area contributed by atoms with Crippen LogP contribution in [0.1, 0.15) is 12.2 Å². The number of carboxylic acids is 1. The molecule has 3 N–H and O–H groups in total. The molecule has 3 rings (SSSR count). The highest BCUT2D eigenvalue weighted by Crippen LogP contribution is 2.24. The largest absolute Gasteiger partial charge is 0.481 e. The average molecular weight is 347 g/mol. The molecule has 0 saturated heterocycles. The number of carboxylic acid groups (broad SMARTS) is 1. The van der Waals surface area contributed by atoms with Crippen LogP contribution in [0.3, 0.4) is 0 Å². The van der Waals surface area contributed by atoms with Crippen molar-refractivity contribution < 1.29 is 9.90 Å². The lowest BCUT2D eigenvalue weighted by molar-refractivity contribution is -0.137. The summed E-state index contributed by atoms with van der Waals surface area (Å²) in [5.74, 6) is -0.185. The fourth-order valence-corrected chi connectivity index (χ4v) is 2.47. The molecule has 0 bridgehead atoms. The van der Waals surface area contributed by atoms with E-state index in [2.05, 4.69) is 30.9 Å². The third kappa shape index (κ3) is 2.78. The second kappa shape index (κ2) is 5.25. The number of benzene rings is 1. The number of rotatable bonds is 3. The number of anilines is 1. The van der Waals surface area contributed by atoms with E-state index in [0.717, 1.165) is 15.4 Å². The molecule has 0 spiro atoms. The Morgan fingerprint density at radius 1 is 1.24 bits per heavy atom.